The van der Waals surface area contributed by atoms with Crippen LogP contribution in [0.4, 0.5) is 0 Å². The van der Waals surface area contributed by atoms with E-state index < -0.39 is 5.97 Å². The van der Waals surface area contributed by atoms with Crippen molar-refractivity contribution in [2.24, 2.45) is 5.92 Å². The van der Waals surface area contributed by atoms with Gasteiger partial charge in [-0.3, -0.25) is 0 Å². The number of likely N-dealkylation sites (N-methyl/N-ethyl adjacent to an activating group) is 1. The van der Waals surface area contributed by atoms with Crippen LogP contribution in [0.3, 0.4) is 0 Å². The van der Waals surface area contributed by atoms with E-state index in [4.69, 9.17) is 16.3 Å². The number of likely N-dealkylation sites (tertiary alicyclic amines) is 1. The number of halogens is 1. The number of nitrogens with zero attached hydrogens (tertiary/aromatic N) is 2. The highest BCUT2D eigenvalue weighted by molar-refractivity contribution is 6.31. The number of methoxy groups -OCH3 is 1. The van der Waals surface area contributed by atoms with Crippen molar-refractivity contribution in [3.8, 4) is 6.07 Å². The van der Waals surface area contributed by atoms with Crippen molar-refractivity contribution in [1.29, 1.82) is 5.26 Å². The Kier molecular flexibility index (Phi) is 4.08. The molecule has 2 atom stereocenters. The van der Waals surface area contributed by atoms with E-state index in [2.05, 4.69) is 11.0 Å². The van der Waals surface area contributed by atoms with Crippen LogP contribution in [-0.2, 0) is 4.74 Å². The van der Waals surface area contributed by atoms with Gasteiger partial charge in [-0.05, 0) is 24.7 Å². The lowest BCUT2D eigenvalue weighted by Gasteiger charge is -2.16. The lowest BCUT2D eigenvalue weighted by Crippen LogP contribution is -2.15. The first-order chi connectivity index (χ1) is 9.06. The Hall–Kier alpha value is -1.57. The van der Waals surface area contributed by atoms with E-state index in [1.54, 1.807) is 12.1 Å². The van der Waals surface area contributed by atoms with Crippen molar-refractivity contribution >= 4 is 17.6 Å². The van der Waals surface area contributed by atoms with E-state index in [1.807, 2.05) is 13.1 Å². The van der Waals surface area contributed by atoms with E-state index in [1.165, 1.54) is 7.11 Å². The second kappa shape index (κ2) is 5.60. The molecule has 1 aliphatic heterocycles. The molecule has 0 bridgehead atoms. The first-order valence-electron chi connectivity index (χ1n) is 6.02. The summed E-state index contributed by atoms with van der Waals surface area (Å²) in [5, 5.41) is 9.73. The maximum Gasteiger partial charge on any atom is 0.338 e. The topological polar surface area (TPSA) is 53.3 Å². The lowest BCUT2D eigenvalue weighted by molar-refractivity contribution is 0.0599. The normalized spacial score (nSPS) is 23.1. The standard InChI is InChI=1S/C14H15ClN2O2/c1-17-7-9(6-16)13(8-17)11-4-3-10(15)5-12(11)14(18)19-2/h3-5,9,13H,7-8H2,1-2H3/t9-,13-/m0/s1. The van der Waals surface area contributed by atoms with Crippen LogP contribution >= 0.6 is 11.6 Å². The molecule has 4 nitrogen and oxygen atoms in total. The van der Waals surface area contributed by atoms with Crippen LogP contribution in [0, 0.1) is 17.2 Å². The predicted molar refractivity (Wildman–Crippen MR) is 72.1 cm³/mol. The molecule has 0 N–H and O–H groups in total. The van der Waals surface area contributed by atoms with E-state index >= 15 is 0 Å². The summed E-state index contributed by atoms with van der Waals surface area (Å²) in [5.41, 5.74) is 1.29. The summed E-state index contributed by atoms with van der Waals surface area (Å²) in [6.07, 6.45) is 0. The maximum absolute atomic E-state index is 11.8. The second-order valence-corrected chi connectivity index (χ2v) is 5.22. The molecule has 19 heavy (non-hydrogen) atoms. The molecule has 0 aromatic heterocycles. The Bertz CT molecular complexity index is 539. The average molecular weight is 279 g/mol. The van der Waals surface area contributed by atoms with Gasteiger partial charge in [0.2, 0.25) is 0 Å². The highest BCUT2D eigenvalue weighted by Crippen LogP contribution is 2.34. The predicted octanol–water partition coefficient (Wildman–Crippen LogP) is 2.30. The van der Waals surface area contributed by atoms with Crippen LogP contribution in [0.15, 0.2) is 18.2 Å². The molecule has 1 heterocycles. The Morgan fingerprint density at radius 2 is 2.26 bits per heavy atom. The zero-order valence-electron chi connectivity index (χ0n) is 10.9. The summed E-state index contributed by atoms with van der Waals surface area (Å²) in [6.45, 7) is 1.47. The van der Waals surface area contributed by atoms with Gasteiger partial charge in [-0.15, -0.1) is 0 Å². The fraction of sp³-hybridized carbons (Fsp3) is 0.429. The van der Waals surface area contributed by atoms with Crippen molar-refractivity contribution in [2.45, 2.75) is 5.92 Å². The number of benzene rings is 1. The number of ether oxygens (including phenoxy) is 1. The minimum Gasteiger partial charge on any atom is -0.465 e. The van der Waals surface area contributed by atoms with Crippen molar-refractivity contribution in [3.05, 3.63) is 34.3 Å². The number of hydrogen-bond donors (Lipinski definition) is 0. The largest absolute Gasteiger partial charge is 0.465 e. The minimum atomic E-state index is -0.413. The summed E-state index contributed by atoms with van der Waals surface area (Å²) in [4.78, 5) is 13.9. The SMILES string of the molecule is COC(=O)c1cc(Cl)ccc1[C@H]1CN(C)C[C@@H]1C#N. The number of carbonyl (C=O) groups is 1. The molecule has 1 aromatic rings. The molecule has 100 valence electrons. The molecular formula is C14H15ClN2O2. The average Bonchev–Trinajstić information content (AvgIpc) is 2.78. The van der Waals surface area contributed by atoms with Crippen LogP contribution in [0.1, 0.15) is 21.8 Å². The molecule has 0 aliphatic carbocycles. The maximum atomic E-state index is 11.8. The third kappa shape index (κ3) is 2.73. The summed E-state index contributed by atoms with van der Waals surface area (Å²) in [5.74, 6) is -0.514. The number of rotatable bonds is 2. The molecule has 2 rings (SSSR count). The highest BCUT2D eigenvalue weighted by atomic mass is 35.5. The number of nitriles is 1. The van der Waals surface area contributed by atoms with Crippen molar-refractivity contribution in [3.63, 3.8) is 0 Å². The first kappa shape index (κ1) is 13.9. The smallest absolute Gasteiger partial charge is 0.338 e. The van der Waals surface area contributed by atoms with Gasteiger partial charge in [0.05, 0.1) is 24.7 Å². The molecule has 1 aliphatic rings. The van der Waals surface area contributed by atoms with Gasteiger partial charge < -0.3 is 9.64 Å². The monoisotopic (exact) mass is 278 g/mol. The molecule has 0 saturated carbocycles. The molecule has 0 unspecified atom stereocenters. The summed E-state index contributed by atoms with van der Waals surface area (Å²) < 4.78 is 4.79. The Labute approximate surface area is 117 Å². The Morgan fingerprint density at radius 1 is 1.53 bits per heavy atom. The Morgan fingerprint density at radius 3 is 2.89 bits per heavy atom. The highest BCUT2D eigenvalue weighted by Gasteiger charge is 2.34. The lowest BCUT2D eigenvalue weighted by atomic mass is 9.87. The Balaban J connectivity index is 2.44. The third-order valence-corrected chi connectivity index (χ3v) is 3.72. The summed E-state index contributed by atoms with van der Waals surface area (Å²) >= 11 is 5.94. The molecule has 0 spiro atoms. The van der Waals surface area contributed by atoms with E-state index in [-0.39, 0.29) is 11.8 Å². The van der Waals surface area contributed by atoms with Gasteiger partial charge in [-0.1, -0.05) is 17.7 Å². The minimum absolute atomic E-state index is 0.0152. The summed E-state index contributed by atoms with van der Waals surface area (Å²) in [7, 11) is 3.31. The van der Waals surface area contributed by atoms with E-state index in [0.29, 0.717) is 17.1 Å². The number of esters is 1. The van der Waals surface area contributed by atoms with Gasteiger partial charge in [0.1, 0.15) is 0 Å². The number of hydrogen-bond acceptors (Lipinski definition) is 4. The number of carbonyl (C=O) groups excluding carboxylic acids is 1. The molecule has 0 radical (unpaired) electrons. The zero-order valence-corrected chi connectivity index (χ0v) is 11.6. The molecular weight excluding hydrogens is 264 g/mol. The summed E-state index contributed by atoms with van der Waals surface area (Å²) in [6, 6.07) is 7.49. The van der Waals surface area contributed by atoms with Crippen LogP contribution in [-0.4, -0.2) is 38.1 Å². The fourth-order valence-electron chi connectivity index (χ4n) is 2.59. The van der Waals surface area contributed by atoms with Gasteiger partial charge in [0, 0.05) is 24.0 Å². The zero-order chi connectivity index (χ0) is 14.0. The van der Waals surface area contributed by atoms with Crippen LogP contribution < -0.4 is 0 Å². The van der Waals surface area contributed by atoms with Crippen molar-refractivity contribution in [1.82, 2.24) is 4.90 Å². The van der Waals surface area contributed by atoms with Crippen molar-refractivity contribution < 1.29 is 9.53 Å². The molecule has 1 aromatic carbocycles. The van der Waals surface area contributed by atoms with Crippen LogP contribution in [0.2, 0.25) is 5.02 Å². The first-order valence-corrected chi connectivity index (χ1v) is 6.40. The van der Waals surface area contributed by atoms with Gasteiger partial charge in [0.15, 0.2) is 0 Å². The fourth-order valence-corrected chi connectivity index (χ4v) is 2.76. The second-order valence-electron chi connectivity index (χ2n) is 4.79. The van der Waals surface area contributed by atoms with Crippen LogP contribution in [0.25, 0.3) is 0 Å². The van der Waals surface area contributed by atoms with Crippen molar-refractivity contribution in [2.75, 3.05) is 27.2 Å². The quantitative estimate of drug-likeness (QED) is 0.779. The molecule has 1 fully saturated rings. The molecule has 1 saturated heterocycles. The van der Waals surface area contributed by atoms with E-state index in [0.717, 1.165) is 12.1 Å². The van der Waals surface area contributed by atoms with Gasteiger partial charge in [-0.25, -0.2) is 4.79 Å². The van der Waals surface area contributed by atoms with Gasteiger partial charge in [-0.2, -0.15) is 5.26 Å². The van der Waals surface area contributed by atoms with Crippen LogP contribution in [0.5, 0.6) is 0 Å². The van der Waals surface area contributed by atoms with Gasteiger partial charge >= 0.3 is 5.97 Å². The third-order valence-electron chi connectivity index (χ3n) is 3.49. The molecule has 0 amide bonds. The van der Waals surface area contributed by atoms with E-state index in [9.17, 15) is 10.1 Å². The van der Waals surface area contributed by atoms with Gasteiger partial charge in [0.25, 0.3) is 0 Å². The molecule has 5 heteroatoms.